The summed E-state index contributed by atoms with van der Waals surface area (Å²) in [6, 6.07) is 16.6. The molecule has 130 valence electrons. The van der Waals surface area contributed by atoms with E-state index in [2.05, 4.69) is 14.8 Å². The highest BCUT2D eigenvalue weighted by Crippen LogP contribution is 2.25. The number of para-hydroxylation sites is 4. The second-order valence-corrected chi connectivity index (χ2v) is 6.56. The lowest BCUT2D eigenvalue weighted by Crippen LogP contribution is -2.47. The highest BCUT2D eigenvalue weighted by Gasteiger charge is 2.23. The number of aryl methyl sites for hydroxylation is 1. The van der Waals surface area contributed by atoms with Crippen molar-refractivity contribution in [2.24, 2.45) is 0 Å². The lowest BCUT2D eigenvalue weighted by Gasteiger charge is -2.35. The third-order valence-electron chi connectivity index (χ3n) is 4.85. The molecule has 0 aliphatic carbocycles. The standard InChI is InChI=1S/C20H19N5O/c1-14-19(22-16-7-3-2-6-15(16)21-14)24-10-12-25(13-11-24)20-23-17-8-4-5-9-18(17)26-20/h2-9H,10-13H2,1H3. The maximum Gasteiger partial charge on any atom is 0.298 e. The number of oxazole rings is 1. The van der Waals surface area contributed by atoms with Crippen molar-refractivity contribution in [1.29, 1.82) is 0 Å². The molecule has 0 atom stereocenters. The molecule has 0 bridgehead atoms. The van der Waals surface area contributed by atoms with Gasteiger partial charge in [0, 0.05) is 26.2 Å². The van der Waals surface area contributed by atoms with E-state index in [1.165, 1.54) is 0 Å². The van der Waals surface area contributed by atoms with Crippen LogP contribution in [0.25, 0.3) is 22.1 Å². The molecule has 0 radical (unpaired) electrons. The highest BCUT2D eigenvalue weighted by atomic mass is 16.4. The van der Waals surface area contributed by atoms with Gasteiger partial charge in [-0.05, 0) is 31.2 Å². The van der Waals surface area contributed by atoms with Crippen molar-refractivity contribution in [2.45, 2.75) is 6.92 Å². The average Bonchev–Trinajstić information content (AvgIpc) is 3.12. The third-order valence-corrected chi connectivity index (χ3v) is 4.85. The average molecular weight is 345 g/mol. The van der Waals surface area contributed by atoms with E-state index in [1.54, 1.807) is 0 Å². The van der Waals surface area contributed by atoms with Gasteiger partial charge in [0.2, 0.25) is 0 Å². The Morgan fingerprint density at radius 1 is 0.731 bits per heavy atom. The summed E-state index contributed by atoms with van der Waals surface area (Å²) in [5.41, 5.74) is 4.59. The molecule has 26 heavy (non-hydrogen) atoms. The summed E-state index contributed by atoms with van der Waals surface area (Å²) in [7, 11) is 0. The van der Waals surface area contributed by atoms with Gasteiger partial charge >= 0.3 is 0 Å². The zero-order chi connectivity index (χ0) is 17.5. The summed E-state index contributed by atoms with van der Waals surface area (Å²) in [6.45, 7) is 5.46. The van der Waals surface area contributed by atoms with E-state index in [-0.39, 0.29) is 0 Å². The first kappa shape index (κ1) is 15.1. The van der Waals surface area contributed by atoms with Gasteiger partial charge in [-0.3, -0.25) is 0 Å². The molecule has 5 rings (SSSR count). The highest BCUT2D eigenvalue weighted by molar-refractivity contribution is 5.76. The number of rotatable bonds is 2. The molecular weight excluding hydrogens is 326 g/mol. The fraction of sp³-hybridized carbons (Fsp3) is 0.250. The van der Waals surface area contributed by atoms with Crippen LogP contribution in [-0.2, 0) is 0 Å². The van der Waals surface area contributed by atoms with Crippen molar-refractivity contribution in [3.8, 4) is 0 Å². The van der Waals surface area contributed by atoms with Gasteiger partial charge in [0.05, 0.1) is 16.7 Å². The Balaban J connectivity index is 1.37. The molecule has 2 aromatic carbocycles. The Hall–Kier alpha value is -3.15. The van der Waals surface area contributed by atoms with Gasteiger partial charge in [-0.2, -0.15) is 4.98 Å². The Labute approximate surface area is 151 Å². The lowest BCUT2D eigenvalue weighted by atomic mass is 10.2. The van der Waals surface area contributed by atoms with Gasteiger partial charge in [0.1, 0.15) is 5.52 Å². The molecule has 2 aromatic heterocycles. The van der Waals surface area contributed by atoms with Crippen molar-refractivity contribution in [1.82, 2.24) is 15.0 Å². The Morgan fingerprint density at radius 3 is 2.08 bits per heavy atom. The topological polar surface area (TPSA) is 58.3 Å². The zero-order valence-corrected chi connectivity index (χ0v) is 14.6. The van der Waals surface area contributed by atoms with Gasteiger partial charge < -0.3 is 14.2 Å². The lowest BCUT2D eigenvalue weighted by molar-refractivity contribution is 0.540. The van der Waals surface area contributed by atoms with E-state index in [1.807, 2.05) is 55.5 Å². The monoisotopic (exact) mass is 345 g/mol. The van der Waals surface area contributed by atoms with Crippen molar-refractivity contribution < 1.29 is 4.42 Å². The van der Waals surface area contributed by atoms with E-state index in [9.17, 15) is 0 Å². The van der Waals surface area contributed by atoms with Gasteiger partial charge in [-0.25, -0.2) is 9.97 Å². The SMILES string of the molecule is Cc1nc2ccccc2nc1N1CCN(c2nc3ccccc3o2)CC1. The van der Waals surface area contributed by atoms with Crippen LogP contribution < -0.4 is 9.80 Å². The molecule has 4 aromatic rings. The number of nitrogens with zero attached hydrogens (tertiary/aromatic N) is 5. The summed E-state index contributed by atoms with van der Waals surface area (Å²) in [5, 5.41) is 0. The van der Waals surface area contributed by atoms with Crippen LogP contribution in [0.1, 0.15) is 5.69 Å². The molecule has 0 unspecified atom stereocenters. The third kappa shape index (κ3) is 2.54. The maximum atomic E-state index is 5.90. The van der Waals surface area contributed by atoms with Crippen molar-refractivity contribution in [3.63, 3.8) is 0 Å². The quantitative estimate of drug-likeness (QED) is 0.555. The van der Waals surface area contributed by atoms with E-state index in [0.29, 0.717) is 6.01 Å². The number of hydrogen-bond acceptors (Lipinski definition) is 6. The molecule has 0 saturated carbocycles. The molecule has 6 nitrogen and oxygen atoms in total. The number of fused-ring (bicyclic) bond motifs is 2. The first-order chi connectivity index (χ1) is 12.8. The van der Waals surface area contributed by atoms with E-state index >= 15 is 0 Å². The van der Waals surface area contributed by atoms with Crippen molar-refractivity contribution in [2.75, 3.05) is 36.0 Å². The smallest absolute Gasteiger partial charge is 0.298 e. The second kappa shape index (κ2) is 5.98. The van der Waals surface area contributed by atoms with Gasteiger partial charge in [0.15, 0.2) is 11.4 Å². The van der Waals surface area contributed by atoms with E-state index < -0.39 is 0 Å². The Bertz CT molecular complexity index is 1050. The molecular formula is C20H19N5O. The minimum Gasteiger partial charge on any atom is -0.423 e. The second-order valence-electron chi connectivity index (χ2n) is 6.56. The molecule has 0 amide bonds. The van der Waals surface area contributed by atoms with Crippen LogP contribution in [0.4, 0.5) is 11.8 Å². The van der Waals surface area contributed by atoms with Crippen LogP contribution in [0, 0.1) is 6.92 Å². The zero-order valence-electron chi connectivity index (χ0n) is 14.6. The molecule has 6 heteroatoms. The predicted molar refractivity (Wildman–Crippen MR) is 103 cm³/mol. The summed E-state index contributed by atoms with van der Waals surface area (Å²) >= 11 is 0. The van der Waals surface area contributed by atoms with Gasteiger partial charge in [0.25, 0.3) is 6.01 Å². The van der Waals surface area contributed by atoms with Crippen LogP contribution in [0.5, 0.6) is 0 Å². The van der Waals surface area contributed by atoms with Crippen LogP contribution in [0.3, 0.4) is 0 Å². The Morgan fingerprint density at radius 2 is 1.35 bits per heavy atom. The Kier molecular flexibility index (Phi) is 3.48. The van der Waals surface area contributed by atoms with Gasteiger partial charge in [-0.15, -0.1) is 0 Å². The van der Waals surface area contributed by atoms with Crippen molar-refractivity contribution >= 4 is 34.0 Å². The number of aromatic nitrogens is 3. The van der Waals surface area contributed by atoms with Crippen LogP contribution in [0.15, 0.2) is 52.9 Å². The predicted octanol–water partition coefficient (Wildman–Crippen LogP) is 3.41. The minimum atomic E-state index is 0.701. The maximum absolute atomic E-state index is 5.90. The fourth-order valence-corrected chi connectivity index (χ4v) is 3.48. The van der Waals surface area contributed by atoms with E-state index in [0.717, 1.165) is 59.8 Å². The molecule has 1 fully saturated rings. The van der Waals surface area contributed by atoms with Crippen molar-refractivity contribution in [3.05, 3.63) is 54.2 Å². The number of hydrogen-bond donors (Lipinski definition) is 0. The minimum absolute atomic E-state index is 0.701. The molecule has 1 aliphatic rings. The van der Waals surface area contributed by atoms with Crippen LogP contribution in [-0.4, -0.2) is 41.1 Å². The first-order valence-corrected chi connectivity index (χ1v) is 8.87. The summed E-state index contributed by atoms with van der Waals surface area (Å²) in [4.78, 5) is 18.6. The largest absolute Gasteiger partial charge is 0.423 e. The fourth-order valence-electron chi connectivity index (χ4n) is 3.48. The summed E-state index contributed by atoms with van der Waals surface area (Å²) in [6.07, 6.45) is 0. The number of benzene rings is 2. The van der Waals surface area contributed by atoms with Crippen LogP contribution in [0.2, 0.25) is 0 Å². The van der Waals surface area contributed by atoms with Crippen LogP contribution >= 0.6 is 0 Å². The molecule has 1 saturated heterocycles. The summed E-state index contributed by atoms with van der Waals surface area (Å²) in [5.74, 6) is 0.973. The molecule has 1 aliphatic heterocycles. The summed E-state index contributed by atoms with van der Waals surface area (Å²) < 4.78 is 5.90. The van der Waals surface area contributed by atoms with E-state index in [4.69, 9.17) is 14.4 Å². The van der Waals surface area contributed by atoms with Gasteiger partial charge in [-0.1, -0.05) is 24.3 Å². The first-order valence-electron chi connectivity index (χ1n) is 8.87. The molecule has 3 heterocycles. The number of anilines is 2. The molecule has 0 spiro atoms. The number of piperazine rings is 1. The molecule has 0 N–H and O–H groups in total. The normalized spacial score (nSPS) is 15.1.